The summed E-state index contributed by atoms with van der Waals surface area (Å²) in [5.41, 5.74) is 3.25. The monoisotopic (exact) mass is 200 g/mol. The van der Waals surface area contributed by atoms with Gasteiger partial charge in [0.2, 0.25) is 5.28 Å². The van der Waals surface area contributed by atoms with E-state index in [1.807, 2.05) is 11.9 Å². The van der Waals surface area contributed by atoms with Gasteiger partial charge < -0.3 is 15.6 Å². The number of hydrogen-bond donors (Lipinski definition) is 3. The maximum atomic E-state index is 5.70. The smallest absolute Gasteiger partial charge is 0.226 e. The Bertz CT molecular complexity index is 340. The molecule has 1 aromatic heterocycles. The van der Waals surface area contributed by atoms with Crippen LogP contribution in [0.3, 0.4) is 0 Å². The van der Waals surface area contributed by atoms with Crippen LogP contribution in [0.4, 0.5) is 17.3 Å². The molecule has 0 aliphatic carbocycles. The fraction of sp³-hybridized carbons (Fsp3) is 0.333. The van der Waals surface area contributed by atoms with E-state index in [0.717, 1.165) is 11.5 Å². The SMILES string of the molecule is CN1CNc2c(NN)nc(Cl)nc21. The van der Waals surface area contributed by atoms with E-state index in [-0.39, 0.29) is 5.28 Å². The number of aromatic nitrogens is 2. The molecule has 1 aromatic rings. The summed E-state index contributed by atoms with van der Waals surface area (Å²) >= 11 is 5.70. The average molecular weight is 201 g/mol. The first-order valence-corrected chi connectivity index (χ1v) is 4.09. The zero-order chi connectivity index (χ0) is 9.42. The summed E-state index contributed by atoms with van der Waals surface area (Å²) in [4.78, 5) is 9.91. The van der Waals surface area contributed by atoms with Crippen molar-refractivity contribution in [3.8, 4) is 0 Å². The van der Waals surface area contributed by atoms with Crippen LogP contribution in [-0.2, 0) is 0 Å². The summed E-state index contributed by atoms with van der Waals surface area (Å²) in [7, 11) is 1.91. The predicted molar refractivity (Wildman–Crippen MR) is 51.7 cm³/mol. The lowest BCUT2D eigenvalue weighted by Gasteiger charge is -2.09. The predicted octanol–water partition coefficient (Wildman–Crippen LogP) is 0.235. The number of nitrogen functional groups attached to an aromatic ring is 1. The molecule has 2 rings (SSSR count). The minimum atomic E-state index is 0.183. The maximum absolute atomic E-state index is 5.70. The Balaban J connectivity index is 2.56. The van der Waals surface area contributed by atoms with Crippen molar-refractivity contribution in [1.82, 2.24) is 9.97 Å². The summed E-state index contributed by atoms with van der Waals surface area (Å²) in [5.74, 6) is 6.55. The molecule has 0 saturated carbocycles. The highest BCUT2D eigenvalue weighted by molar-refractivity contribution is 6.28. The minimum Gasteiger partial charge on any atom is -0.362 e. The van der Waals surface area contributed by atoms with Gasteiger partial charge in [-0.05, 0) is 11.6 Å². The van der Waals surface area contributed by atoms with E-state index >= 15 is 0 Å². The lowest BCUT2D eigenvalue weighted by molar-refractivity contribution is 1.00. The summed E-state index contributed by atoms with van der Waals surface area (Å²) in [6.07, 6.45) is 0. The van der Waals surface area contributed by atoms with E-state index in [1.54, 1.807) is 0 Å². The van der Waals surface area contributed by atoms with Crippen LogP contribution in [0.2, 0.25) is 5.28 Å². The van der Waals surface area contributed by atoms with Gasteiger partial charge in [0.25, 0.3) is 0 Å². The molecule has 7 heteroatoms. The fourth-order valence-corrected chi connectivity index (χ4v) is 1.40. The van der Waals surface area contributed by atoms with Crippen LogP contribution in [0.5, 0.6) is 0 Å². The average Bonchev–Trinajstić information content (AvgIpc) is 2.47. The van der Waals surface area contributed by atoms with E-state index in [0.29, 0.717) is 12.5 Å². The molecule has 0 bridgehead atoms. The van der Waals surface area contributed by atoms with E-state index in [4.69, 9.17) is 17.4 Å². The number of hydrazine groups is 1. The van der Waals surface area contributed by atoms with Crippen molar-refractivity contribution in [2.24, 2.45) is 5.84 Å². The normalized spacial score (nSPS) is 13.9. The number of anilines is 3. The molecule has 0 radical (unpaired) electrons. The Morgan fingerprint density at radius 1 is 1.62 bits per heavy atom. The molecule has 0 fully saturated rings. The zero-order valence-corrected chi connectivity index (χ0v) is 7.76. The molecule has 6 nitrogen and oxygen atoms in total. The van der Waals surface area contributed by atoms with Crippen molar-refractivity contribution in [2.45, 2.75) is 0 Å². The second kappa shape index (κ2) is 2.90. The number of rotatable bonds is 1. The fourth-order valence-electron chi connectivity index (χ4n) is 1.24. The molecular formula is C6H9ClN6. The molecule has 2 heterocycles. The van der Waals surface area contributed by atoms with E-state index in [2.05, 4.69) is 20.7 Å². The van der Waals surface area contributed by atoms with Gasteiger partial charge in [0.15, 0.2) is 11.6 Å². The van der Waals surface area contributed by atoms with Gasteiger partial charge in [0, 0.05) is 7.05 Å². The van der Waals surface area contributed by atoms with Crippen molar-refractivity contribution >= 4 is 28.9 Å². The molecule has 13 heavy (non-hydrogen) atoms. The Hall–Kier alpha value is -1.27. The number of halogens is 1. The van der Waals surface area contributed by atoms with Crippen molar-refractivity contribution in [3.05, 3.63) is 5.28 Å². The van der Waals surface area contributed by atoms with Gasteiger partial charge in [0.1, 0.15) is 5.69 Å². The second-order valence-corrected chi connectivity index (χ2v) is 3.06. The standard InChI is InChI=1S/C6H9ClN6/c1-13-2-9-3-4(12-8)10-6(7)11-5(3)13/h9H,2,8H2,1H3,(H,10,11,12). The van der Waals surface area contributed by atoms with Crippen LogP contribution in [0, 0.1) is 0 Å². The molecule has 0 atom stereocenters. The molecule has 0 spiro atoms. The quantitative estimate of drug-likeness (QED) is 0.342. The number of nitrogens with two attached hydrogens (primary N) is 1. The molecule has 0 amide bonds. The van der Waals surface area contributed by atoms with Gasteiger partial charge in [-0.15, -0.1) is 0 Å². The van der Waals surface area contributed by atoms with Crippen LogP contribution in [0.1, 0.15) is 0 Å². The van der Waals surface area contributed by atoms with Crippen LogP contribution in [0.25, 0.3) is 0 Å². The minimum absolute atomic E-state index is 0.183. The topological polar surface area (TPSA) is 79.1 Å². The highest BCUT2D eigenvalue weighted by atomic mass is 35.5. The first-order valence-electron chi connectivity index (χ1n) is 3.71. The van der Waals surface area contributed by atoms with Gasteiger partial charge in [0.05, 0.1) is 6.67 Å². The summed E-state index contributed by atoms with van der Waals surface area (Å²) < 4.78 is 0. The molecule has 4 N–H and O–H groups in total. The molecular weight excluding hydrogens is 192 g/mol. The van der Waals surface area contributed by atoms with Crippen LogP contribution < -0.4 is 21.5 Å². The van der Waals surface area contributed by atoms with E-state index < -0.39 is 0 Å². The first-order chi connectivity index (χ1) is 6.22. The lowest BCUT2D eigenvalue weighted by atomic mass is 10.4. The highest BCUT2D eigenvalue weighted by Crippen LogP contribution is 2.34. The zero-order valence-electron chi connectivity index (χ0n) is 7.00. The van der Waals surface area contributed by atoms with Gasteiger partial charge in [-0.1, -0.05) is 0 Å². The van der Waals surface area contributed by atoms with E-state index in [1.165, 1.54) is 0 Å². The van der Waals surface area contributed by atoms with E-state index in [9.17, 15) is 0 Å². The molecule has 70 valence electrons. The van der Waals surface area contributed by atoms with Crippen molar-refractivity contribution < 1.29 is 0 Å². The highest BCUT2D eigenvalue weighted by Gasteiger charge is 2.21. The summed E-state index contributed by atoms with van der Waals surface area (Å²) in [6.45, 7) is 0.680. The third kappa shape index (κ3) is 1.24. The first kappa shape index (κ1) is 8.33. The van der Waals surface area contributed by atoms with Crippen molar-refractivity contribution in [1.29, 1.82) is 0 Å². The Labute approximate surface area is 80.1 Å². The van der Waals surface area contributed by atoms with Crippen LogP contribution in [0.15, 0.2) is 0 Å². The second-order valence-electron chi connectivity index (χ2n) is 2.72. The number of hydrogen-bond acceptors (Lipinski definition) is 6. The Kier molecular flexibility index (Phi) is 1.86. The van der Waals surface area contributed by atoms with Gasteiger partial charge in [-0.3, -0.25) is 0 Å². The largest absolute Gasteiger partial charge is 0.362 e. The Morgan fingerprint density at radius 3 is 3.08 bits per heavy atom. The molecule has 1 aliphatic rings. The third-order valence-corrected chi connectivity index (χ3v) is 2.02. The summed E-state index contributed by atoms with van der Waals surface area (Å²) in [6, 6.07) is 0. The lowest BCUT2D eigenvalue weighted by Crippen LogP contribution is -2.16. The number of fused-ring (bicyclic) bond motifs is 1. The Morgan fingerprint density at radius 2 is 2.38 bits per heavy atom. The van der Waals surface area contributed by atoms with Crippen molar-refractivity contribution in [3.63, 3.8) is 0 Å². The third-order valence-electron chi connectivity index (χ3n) is 1.85. The molecule has 1 aliphatic heterocycles. The number of nitrogens with one attached hydrogen (secondary N) is 2. The molecule has 0 saturated heterocycles. The maximum Gasteiger partial charge on any atom is 0.226 e. The number of nitrogens with zero attached hydrogens (tertiary/aromatic N) is 3. The van der Waals surface area contributed by atoms with Gasteiger partial charge in [-0.25, -0.2) is 5.84 Å². The van der Waals surface area contributed by atoms with Gasteiger partial charge in [-0.2, -0.15) is 9.97 Å². The molecule has 0 aromatic carbocycles. The van der Waals surface area contributed by atoms with Gasteiger partial charge >= 0.3 is 0 Å². The summed E-state index contributed by atoms with van der Waals surface area (Å²) in [5, 5.41) is 3.28. The van der Waals surface area contributed by atoms with Crippen LogP contribution >= 0.6 is 11.6 Å². The van der Waals surface area contributed by atoms with Crippen molar-refractivity contribution in [2.75, 3.05) is 29.4 Å². The van der Waals surface area contributed by atoms with Crippen LogP contribution in [-0.4, -0.2) is 23.7 Å². The molecule has 0 unspecified atom stereocenters.